The molecule has 0 radical (unpaired) electrons. The van der Waals surface area contributed by atoms with Crippen LogP contribution in [-0.4, -0.2) is 42.3 Å². The Balaban J connectivity index is 1.73. The van der Waals surface area contributed by atoms with Gasteiger partial charge in [0.05, 0.1) is 29.3 Å². The molecule has 1 atom stereocenters. The van der Waals surface area contributed by atoms with E-state index < -0.39 is 17.6 Å². The lowest BCUT2D eigenvalue weighted by atomic mass is 9.83. The number of pyridine rings is 1. The smallest absolute Gasteiger partial charge is 0.321 e. The largest absolute Gasteiger partial charge is 0.388 e. The number of para-hydroxylation sites is 1. The number of rotatable bonds is 9. The Labute approximate surface area is 230 Å². The van der Waals surface area contributed by atoms with Crippen LogP contribution in [0.4, 0.5) is 21.9 Å². The van der Waals surface area contributed by atoms with Crippen LogP contribution in [0, 0.1) is 5.41 Å². The molecule has 0 fully saturated rings. The summed E-state index contributed by atoms with van der Waals surface area (Å²) in [7, 11) is 1.82. The average molecular weight is 525 g/mol. The minimum atomic E-state index is -0.844. The molecule has 0 saturated heterocycles. The number of fused-ring (bicyclic) bond motifs is 1. The van der Waals surface area contributed by atoms with Gasteiger partial charge in [0, 0.05) is 35.6 Å². The molecule has 1 aromatic heterocycles. The number of nitrogens with one attached hydrogen (secondary N) is 3. The zero-order valence-corrected chi connectivity index (χ0v) is 23.0. The summed E-state index contributed by atoms with van der Waals surface area (Å²) in [6, 6.07) is 20.3. The molecule has 1 aliphatic heterocycles. The maximum atomic E-state index is 13.5. The van der Waals surface area contributed by atoms with Gasteiger partial charge in [-0.15, -0.1) is 0 Å². The molecule has 1 aliphatic rings. The molecule has 2 amide bonds. The fourth-order valence-corrected chi connectivity index (χ4v) is 4.66. The molecule has 3 N–H and O–H groups in total. The van der Waals surface area contributed by atoms with Gasteiger partial charge in [-0.2, -0.15) is 0 Å². The highest BCUT2D eigenvalue weighted by molar-refractivity contribution is 6.16. The highest BCUT2D eigenvalue weighted by atomic mass is 16.2. The lowest BCUT2D eigenvalue weighted by Crippen LogP contribution is -2.45. The van der Waals surface area contributed by atoms with E-state index in [-0.39, 0.29) is 12.3 Å². The van der Waals surface area contributed by atoms with Crippen molar-refractivity contribution < 1.29 is 9.59 Å². The van der Waals surface area contributed by atoms with Gasteiger partial charge in [-0.1, -0.05) is 64.1 Å². The van der Waals surface area contributed by atoms with Crippen molar-refractivity contribution in [3.63, 3.8) is 0 Å². The fourth-order valence-electron chi connectivity index (χ4n) is 4.66. The highest BCUT2D eigenvalue weighted by Crippen LogP contribution is 2.33. The Kier molecular flexibility index (Phi) is 8.44. The Morgan fingerprint density at radius 2 is 1.77 bits per heavy atom. The summed E-state index contributed by atoms with van der Waals surface area (Å²) in [5, 5.41) is 8.90. The number of hydrogen-bond donors (Lipinski definition) is 3. The van der Waals surface area contributed by atoms with Crippen LogP contribution in [-0.2, 0) is 4.79 Å². The van der Waals surface area contributed by atoms with Gasteiger partial charge >= 0.3 is 6.03 Å². The van der Waals surface area contributed by atoms with Crippen LogP contribution in [0.15, 0.2) is 90.2 Å². The summed E-state index contributed by atoms with van der Waals surface area (Å²) < 4.78 is 0. The minimum absolute atomic E-state index is 0.0914. The van der Waals surface area contributed by atoms with Crippen molar-refractivity contribution in [3.8, 4) is 0 Å². The summed E-state index contributed by atoms with van der Waals surface area (Å²) in [6.45, 7) is 10.5. The molecule has 0 saturated carbocycles. The van der Waals surface area contributed by atoms with Crippen molar-refractivity contribution in [2.24, 2.45) is 10.4 Å². The second-order valence-electron chi connectivity index (χ2n) is 10.2. The van der Waals surface area contributed by atoms with Gasteiger partial charge in [0.1, 0.15) is 0 Å². The molecule has 0 bridgehead atoms. The van der Waals surface area contributed by atoms with Crippen molar-refractivity contribution in [1.82, 2.24) is 10.3 Å². The zero-order chi connectivity index (χ0) is 28.0. The molecule has 1 unspecified atom stereocenters. The third-order valence-electron chi connectivity index (χ3n) is 6.89. The molecule has 3 aromatic rings. The third-order valence-corrected chi connectivity index (χ3v) is 6.89. The van der Waals surface area contributed by atoms with E-state index in [2.05, 4.69) is 34.4 Å². The maximum absolute atomic E-state index is 13.5. The Morgan fingerprint density at radius 1 is 1.03 bits per heavy atom. The van der Waals surface area contributed by atoms with Crippen molar-refractivity contribution in [2.75, 3.05) is 29.1 Å². The van der Waals surface area contributed by atoms with Gasteiger partial charge in [-0.3, -0.25) is 14.8 Å². The number of nitrogens with zero attached hydrogens (tertiary/aromatic N) is 3. The number of carbonyl (C=O) groups is 2. The first kappa shape index (κ1) is 27.6. The number of carbonyl (C=O) groups excluding carboxylic acids is 2. The SMILES string of the molecule is C=C1C(NC(=O)Nc2cccc(NC)c2)N=C(c2ccccn2)c2ccccc2N1CC(=O)C(C)(C)CCC. The van der Waals surface area contributed by atoms with Gasteiger partial charge in [-0.25, -0.2) is 4.79 Å². The zero-order valence-electron chi connectivity index (χ0n) is 23.0. The average Bonchev–Trinajstić information content (AvgIpc) is 3.04. The highest BCUT2D eigenvalue weighted by Gasteiger charge is 2.34. The molecule has 8 nitrogen and oxygen atoms in total. The molecule has 8 heteroatoms. The summed E-state index contributed by atoms with van der Waals surface area (Å²) >= 11 is 0. The molecule has 0 aliphatic carbocycles. The minimum Gasteiger partial charge on any atom is -0.388 e. The second-order valence-corrected chi connectivity index (χ2v) is 10.2. The van der Waals surface area contributed by atoms with E-state index in [4.69, 9.17) is 4.99 Å². The number of aliphatic imine (C=N–C) groups is 1. The van der Waals surface area contributed by atoms with Gasteiger partial charge in [0.15, 0.2) is 11.9 Å². The van der Waals surface area contributed by atoms with Gasteiger partial charge in [-0.05, 0) is 42.8 Å². The summed E-state index contributed by atoms with van der Waals surface area (Å²) in [5.74, 6) is 0.0914. The van der Waals surface area contributed by atoms with Crippen molar-refractivity contribution >= 4 is 34.6 Å². The van der Waals surface area contributed by atoms with Gasteiger partial charge in [0.25, 0.3) is 0 Å². The monoisotopic (exact) mass is 524 g/mol. The third kappa shape index (κ3) is 6.34. The van der Waals surface area contributed by atoms with Crippen LogP contribution >= 0.6 is 0 Å². The quantitative estimate of drug-likeness (QED) is 0.327. The van der Waals surface area contributed by atoms with Crippen LogP contribution in [0.25, 0.3) is 0 Å². The Hall–Kier alpha value is -4.46. The number of ketones is 1. The van der Waals surface area contributed by atoms with Crippen LogP contribution < -0.4 is 20.9 Å². The lowest BCUT2D eigenvalue weighted by molar-refractivity contribution is -0.126. The maximum Gasteiger partial charge on any atom is 0.321 e. The van der Waals surface area contributed by atoms with E-state index in [0.717, 1.165) is 29.8 Å². The Bertz CT molecular complexity index is 1380. The summed E-state index contributed by atoms with van der Waals surface area (Å²) in [5.41, 5.74) is 4.36. The van der Waals surface area contributed by atoms with Crippen molar-refractivity contribution in [1.29, 1.82) is 0 Å². The number of aromatic nitrogens is 1. The van der Waals surface area contributed by atoms with E-state index >= 15 is 0 Å². The van der Waals surface area contributed by atoms with E-state index in [1.165, 1.54) is 0 Å². The summed E-state index contributed by atoms with van der Waals surface area (Å²) in [6.07, 6.45) is 2.55. The molecule has 0 spiro atoms. The van der Waals surface area contributed by atoms with E-state index in [0.29, 0.717) is 22.8 Å². The molecule has 2 heterocycles. The normalized spacial score (nSPS) is 15.1. The van der Waals surface area contributed by atoms with Crippen LogP contribution in [0.1, 0.15) is 44.9 Å². The van der Waals surface area contributed by atoms with E-state index in [1.807, 2.05) is 92.5 Å². The number of amides is 2. The number of Topliss-reactive ketones (excluding diaryl/α,β-unsaturated/α-hetero) is 1. The first-order chi connectivity index (χ1) is 18.7. The molecular weight excluding hydrogens is 488 g/mol. The van der Waals surface area contributed by atoms with Gasteiger partial charge in [0.2, 0.25) is 0 Å². The number of hydrogen-bond acceptors (Lipinski definition) is 6. The fraction of sp³-hybridized carbons (Fsp3) is 0.290. The van der Waals surface area contributed by atoms with Crippen LogP contribution in [0.2, 0.25) is 0 Å². The number of anilines is 3. The van der Waals surface area contributed by atoms with Crippen LogP contribution in [0.3, 0.4) is 0 Å². The summed E-state index contributed by atoms with van der Waals surface area (Å²) in [4.78, 5) is 38.1. The van der Waals surface area contributed by atoms with E-state index in [1.54, 1.807) is 6.20 Å². The Morgan fingerprint density at radius 3 is 2.49 bits per heavy atom. The predicted molar refractivity (Wildman–Crippen MR) is 158 cm³/mol. The number of benzodiazepines with no additional fused rings is 1. The second kappa shape index (κ2) is 11.9. The topological polar surface area (TPSA) is 98.7 Å². The molecule has 4 rings (SSSR count). The molecular formula is C31H36N6O2. The molecule has 2 aromatic carbocycles. The first-order valence-electron chi connectivity index (χ1n) is 13.2. The predicted octanol–water partition coefficient (Wildman–Crippen LogP) is 5.84. The molecule has 39 heavy (non-hydrogen) atoms. The lowest BCUT2D eigenvalue weighted by Gasteiger charge is -2.32. The van der Waals surface area contributed by atoms with Gasteiger partial charge < -0.3 is 20.9 Å². The van der Waals surface area contributed by atoms with Crippen LogP contribution in [0.5, 0.6) is 0 Å². The number of benzene rings is 2. The van der Waals surface area contributed by atoms with Crippen molar-refractivity contribution in [3.05, 3.63) is 96.5 Å². The number of urea groups is 1. The first-order valence-corrected chi connectivity index (χ1v) is 13.2. The standard InChI is InChI=1S/C31H36N6O2/c1-6-17-31(3,4)27(38)20-37-21(2)29(36-30(39)34-23-13-11-12-22(19-23)32-5)35-28(25-15-9-10-18-33-25)24-14-7-8-16-26(24)37/h7-16,18-19,29,32H,2,6,17,20H2,1,3-5H3,(H2,34,36,39). The van der Waals surface area contributed by atoms with Crippen molar-refractivity contribution in [2.45, 2.75) is 39.8 Å². The molecule has 202 valence electrons. The van der Waals surface area contributed by atoms with E-state index in [9.17, 15) is 9.59 Å².